The molecule has 4 rings (SSSR count). The Labute approximate surface area is 191 Å². The molecule has 158 valence electrons. The molecule has 4 nitrogen and oxygen atoms in total. The van der Waals surface area contributed by atoms with Crippen LogP contribution in [0.1, 0.15) is 27.1 Å². The highest BCUT2D eigenvalue weighted by molar-refractivity contribution is 7.80. The van der Waals surface area contributed by atoms with Gasteiger partial charge in [0.1, 0.15) is 0 Å². The van der Waals surface area contributed by atoms with E-state index in [9.17, 15) is 4.79 Å². The van der Waals surface area contributed by atoms with Gasteiger partial charge in [-0.2, -0.15) is 0 Å². The number of H-pyrrole nitrogens is 1. The first-order valence-corrected chi connectivity index (χ1v) is 11.5. The van der Waals surface area contributed by atoms with Gasteiger partial charge in [-0.25, -0.2) is 0 Å². The maximum atomic E-state index is 12.9. The molecule has 0 bridgehead atoms. The summed E-state index contributed by atoms with van der Waals surface area (Å²) in [5, 5.41) is 7.13. The number of aromatic nitrogens is 1. The van der Waals surface area contributed by atoms with Crippen molar-refractivity contribution in [3.05, 3.63) is 104 Å². The lowest BCUT2D eigenvalue weighted by Crippen LogP contribution is -2.39. The lowest BCUT2D eigenvalue weighted by Gasteiger charge is -2.25. The van der Waals surface area contributed by atoms with E-state index in [0.717, 1.165) is 27.6 Å². The van der Waals surface area contributed by atoms with Crippen LogP contribution in [0.2, 0.25) is 0 Å². The van der Waals surface area contributed by atoms with E-state index >= 15 is 0 Å². The van der Waals surface area contributed by atoms with Gasteiger partial charge in [0.05, 0.1) is 18.6 Å². The van der Waals surface area contributed by atoms with E-state index in [-0.39, 0.29) is 5.56 Å². The summed E-state index contributed by atoms with van der Waals surface area (Å²) in [4.78, 5) is 19.2. The van der Waals surface area contributed by atoms with Gasteiger partial charge < -0.3 is 15.2 Å². The van der Waals surface area contributed by atoms with Crippen LogP contribution in [-0.4, -0.2) is 15.0 Å². The maximum absolute atomic E-state index is 12.9. The number of pyridine rings is 1. The fourth-order valence-electron chi connectivity index (χ4n) is 3.62. The van der Waals surface area contributed by atoms with E-state index in [1.807, 2.05) is 43.3 Å². The van der Waals surface area contributed by atoms with Crippen molar-refractivity contribution >= 4 is 39.6 Å². The number of aryl methyl sites for hydroxylation is 2. The third-order valence-electron chi connectivity index (χ3n) is 5.38. The topological polar surface area (TPSA) is 48.1 Å². The SMILES string of the molecule is Cc1ccc(C)c2[nH]c(=O)c(CN(Cc3cccs3)C(=S)NCc3ccccc3)cc12. The van der Waals surface area contributed by atoms with Crippen LogP contribution < -0.4 is 10.9 Å². The second-order valence-corrected chi connectivity index (χ2v) is 9.11. The summed E-state index contributed by atoms with van der Waals surface area (Å²) < 4.78 is 0. The van der Waals surface area contributed by atoms with E-state index in [0.29, 0.717) is 30.3 Å². The molecule has 0 saturated heterocycles. The van der Waals surface area contributed by atoms with E-state index < -0.39 is 0 Å². The highest BCUT2D eigenvalue weighted by atomic mass is 32.1. The second-order valence-electron chi connectivity index (χ2n) is 7.69. The number of fused-ring (bicyclic) bond motifs is 1. The summed E-state index contributed by atoms with van der Waals surface area (Å²) in [6.45, 7) is 5.83. The van der Waals surface area contributed by atoms with Crippen molar-refractivity contribution in [2.75, 3.05) is 0 Å². The van der Waals surface area contributed by atoms with Gasteiger partial charge in [0, 0.05) is 22.4 Å². The van der Waals surface area contributed by atoms with Crippen LogP contribution in [0.4, 0.5) is 0 Å². The number of rotatable bonds is 6. The van der Waals surface area contributed by atoms with Gasteiger partial charge in [0.15, 0.2) is 5.11 Å². The number of hydrogen-bond acceptors (Lipinski definition) is 3. The predicted molar refractivity (Wildman–Crippen MR) is 133 cm³/mol. The van der Waals surface area contributed by atoms with Crippen molar-refractivity contribution < 1.29 is 0 Å². The van der Waals surface area contributed by atoms with Crippen molar-refractivity contribution in [3.63, 3.8) is 0 Å². The molecule has 0 spiro atoms. The molecule has 0 amide bonds. The Morgan fingerprint density at radius 1 is 1.03 bits per heavy atom. The first-order chi connectivity index (χ1) is 15.0. The molecule has 0 fully saturated rings. The average Bonchev–Trinajstić information content (AvgIpc) is 3.29. The molecule has 4 aromatic rings. The average molecular weight is 448 g/mol. The Hall–Kier alpha value is -2.96. The molecule has 0 aliphatic heterocycles. The highest BCUT2D eigenvalue weighted by Crippen LogP contribution is 2.21. The third-order valence-corrected chi connectivity index (χ3v) is 6.65. The zero-order chi connectivity index (χ0) is 21.8. The zero-order valence-corrected chi connectivity index (χ0v) is 19.3. The van der Waals surface area contributed by atoms with Gasteiger partial charge in [-0.3, -0.25) is 4.79 Å². The third kappa shape index (κ3) is 5.03. The van der Waals surface area contributed by atoms with Gasteiger partial charge in [-0.1, -0.05) is 48.5 Å². The van der Waals surface area contributed by atoms with Crippen LogP contribution in [0.15, 0.2) is 70.8 Å². The Bertz CT molecular complexity index is 1250. The number of benzene rings is 2. The molecule has 2 heterocycles. The molecule has 0 atom stereocenters. The summed E-state index contributed by atoms with van der Waals surface area (Å²) >= 11 is 7.43. The molecule has 6 heteroatoms. The minimum Gasteiger partial charge on any atom is -0.358 e. The van der Waals surface area contributed by atoms with Crippen molar-refractivity contribution in [2.45, 2.75) is 33.5 Å². The fourth-order valence-corrected chi connectivity index (χ4v) is 4.54. The molecular weight excluding hydrogens is 422 g/mol. The van der Waals surface area contributed by atoms with Crippen molar-refractivity contribution in [3.8, 4) is 0 Å². The summed E-state index contributed by atoms with van der Waals surface area (Å²) in [6.07, 6.45) is 0. The van der Waals surface area contributed by atoms with Crippen molar-refractivity contribution in [1.29, 1.82) is 0 Å². The second kappa shape index (κ2) is 9.45. The van der Waals surface area contributed by atoms with Gasteiger partial charge in [0.2, 0.25) is 0 Å². The predicted octanol–water partition coefficient (Wildman–Crippen LogP) is 5.28. The molecule has 2 aromatic carbocycles. The first-order valence-electron chi connectivity index (χ1n) is 10.2. The molecule has 2 N–H and O–H groups in total. The molecule has 0 saturated carbocycles. The molecule has 0 radical (unpaired) electrons. The lowest BCUT2D eigenvalue weighted by molar-refractivity contribution is 0.400. The number of thiocarbonyl (C=S) groups is 1. The van der Waals surface area contributed by atoms with E-state index in [2.05, 4.69) is 51.8 Å². The van der Waals surface area contributed by atoms with Crippen molar-refractivity contribution in [1.82, 2.24) is 15.2 Å². The quantitative estimate of drug-likeness (QED) is 0.395. The van der Waals surface area contributed by atoms with Crippen LogP contribution >= 0.6 is 23.6 Å². The summed E-state index contributed by atoms with van der Waals surface area (Å²) in [5.74, 6) is 0. The Kier molecular flexibility index (Phi) is 6.49. The molecular formula is C25H25N3OS2. The van der Waals surface area contributed by atoms with Gasteiger partial charge >= 0.3 is 0 Å². The minimum atomic E-state index is -0.0664. The maximum Gasteiger partial charge on any atom is 0.253 e. The van der Waals surface area contributed by atoms with Gasteiger partial charge in [-0.15, -0.1) is 11.3 Å². The normalized spacial score (nSPS) is 10.9. The van der Waals surface area contributed by atoms with E-state index in [4.69, 9.17) is 12.2 Å². The lowest BCUT2D eigenvalue weighted by atomic mass is 10.0. The van der Waals surface area contributed by atoms with Crippen LogP contribution in [0.5, 0.6) is 0 Å². The largest absolute Gasteiger partial charge is 0.358 e. The van der Waals surface area contributed by atoms with Crippen molar-refractivity contribution in [2.24, 2.45) is 0 Å². The number of nitrogens with zero attached hydrogens (tertiary/aromatic N) is 1. The van der Waals surface area contributed by atoms with Gasteiger partial charge in [0.25, 0.3) is 5.56 Å². The Balaban J connectivity index is 1.61. The zero-order valence-electron chi connectivity index (χ0n) is 17.6. The van der Waals surface area contributed by atoms with E-state index in [1.165, 1.54) is 4.88 Å². The number of thiophene rings is 1. The Morgan fingerprint density at radius 3 is 2.55 bits per heavy atom. The summed E-state index contributed by atoms with van der Waals surface area (Å²) in [5.41, 5.74) is 4.93. The minimum absolute atomic E-state index is 0.0664. The van der Waals surface area contributed by atoms with Crippen LogP contribution in [0.3, 0.4) is 0 Å². The summed E-state index contributed by atoms with van der Waals surface area (Å²) in [6, 6.07) is 20.4. The first kappa shape index (κ1) is 21.3. The van der Waals surface area contributed by atoms with Gasteiger partial charge in [-0.05, 0) is 60.3 Å². The monoisotopic (exact) mass is 447 g/mol. The smallest absolute Gasteiger partial charge is 0.253 e. The van der Waals surface area contributed by atoms with Crippen LogP contribution in [0, 0.1) is 13.8 Å². The Morgan fingerprint density at radius 2 is 1.81 bits per heavy atom. The molecule has 0 aliphatic rings. The highest BCUT2D eigenvalue weighted by Gasteiger charge is 2.15. The molecule has 0 unspecified atom stereocenters. The molecule has 0 aliphatic carbocycles. The standard InChI is InChI=1S/C25H25N3OS2/c1-17-10-11-18(2)23-22(17)13-20(24(29)27-23)15-28(16-21-9-6-12-31-21)25(30)26-14-19-7-4-3-5-8-19/h3-13H,14-16H2,1-2H3,(H,26,30)(H,27,29). The van der Waals surface area contributed by atoms with Crippen LogP contribution in [-0.2, 0) is 19.6 Å². The molecule has 2 aromatic heterocycles. The summed E-state index contributed by atoms with van der Waals surface area (Å²) in [7, 11) is 0. The number of hydrogen-bond donors (Lipinski definition) is 2. The molecule has 31 heavy (non-hydrogen) atoms. The van der Waals surface area contributed by atoms with Crippen LogP contribution in [0.25, 0.3) is 10.9 Å². The van der Waals surface area contributed by atoms with E-state index in [1.54, 1.807) is 11.3 Å². The number of aromatic amines is 1. The number of nitrogens with one attached hydrogen (secondary N) is 2. The fraction of sp³-hybridized carbons (Fsp3) is 0.200.